The molecule has 1 rings (SSSR count). The van der Waals surface area contributed by atoms with E-state index >= 15 is 0 Å². The van der Waals surface area contributed by atoms with E-state index in [1.54, 1.807) is 6.07 Å². The molecule has 0 atom stereocenters. The van der Waals surface area contributed by atoms with Crippen LogP contribution in [0.4, 0.5) is 11.6 Å². The maximum atomic E-state index is 6.24. The number of nitrogens with zero attached hydrogens (tertiary/aromatic N) is 2. The quantitative estimate of drug-likeness (QED) is 0.839. The predicted octanol–water partition coefficient (Wildman–Crippen LogP) is 4.45. The first-order chi connectivity index (χ1) is 8.54. The van der Waals surface area contributed by atoms with Gasteiger partial charge >= 0.3 is 0 Å². The summed E-state index contributed by atoms with van der Waals surface area (Å²) in [6.07, 6.45) is 2.12. The molecule has 5 heteroatoms. The molecule has 0 saturated carbocycles. The van der Waals surface area contributed by atoms with Crippen molar-refractivity contribution in [2.45, 2.75) is 39.7 Å². The molecule has 1 heterocycles. The summed E-state index contributed by atoms with van der Waals surface area (Å²) in [7, 11) is 2.02. The third kappa shape index (κ3) is 3.42. The highest BCUT2D eigenvalue weighted by atomic mass is 35.5. The van der Waals surface area contributed by atoms with Crippen molar-refractivity contribution in [2.75, 3.05) is 23.8 Å². The Bertz CT molecular complexity index is 392. The normalized spacial score (nSPS) is 10.8. The maximum Gasteiger partial charge on any atom is 0.149 e. The zero-order chi connectivity index (χ0) is 13.7. The molecule has 1 N–H and O–H groups in total. The van der Waals surface area contributed by atoms with Gasteiger partial charge in [-0.15, -0.1) is 0 Å². The predicted molar refractivity (Wildman–Crippen MR) is 81.2 cm³/mol. The molecule has 0 aliphatic rings. The van der Waals surface area contributed by atoms with Crippen LogP contribution in [0.15, 0.2) is 6.07 Å². The first-order valence-corrected chi connectivity index (χ1v) is 7.13. The van der Waals surface area contributed by atoms with E-state index in [0.717, 1.165) is 25.2 Å². The van der Waals surface area contributed by atoms with Gasteiger partial charge in [-0.2, -0.15) is 0 Å². The van der Waals surface area contributed by atoms with Gasteiger partial charge in [-0.05, 0) is 25.8 Å². The molecule has 3 nitrogen and oxygen atoms in total. The molecule has 0 aromatic carbocycles. The van der Waals surface area contributed by atoms with Gasteiger partial charge in [-0.25, -0.2) is 4.98 Å². The van der Waals surface area contributed by atoms with Gasteiger partial charge in [0.2, 0.25) is 0 Å². The number of aromatic nitrogens is 1. The van der Waals surface area contributed by atoms with Crippen LogP contribution < -0.4 is 10.2 Å². The van der Waals surface area contributed by atoms with Gasteiger partial charge in [0.1, 0.15) is 11.6 Å². The number of rotatable bonds is 6. The maximum absolute atomic E-state index is 6.24. The molecular formula is C13H21Cl2N3. The molecule has 0 fully saturated rings. The number of nitrogens with one attached hydrogen (secondary N) is 1. The van der Waals surface area contributed by atoms with Crippen molar-refractivity contribution < 1.29 is 0 Å². The van der Waals surface area contributed by atoms with E-state index in [1.165, 1.54) is 0 Å². The van der Waals surface area contributed by atoms with Gasteiger partial charge < -0.3 is 10.2 Å². The van der Waals surface area contributed by atoms with Crippen molar-refractivity contribution in [1.29, 1.82) is 0 Å². The zero-order valence-electron chi connectivity index (χ0n) is 11.4. The van der Waals surface area contributed by atoms with Crippen molar-refractivity contribution in [3.8, 4) is 0 Å². The van der Waals surface area contributed by atoms with Crippen LogP contribution in [0.3, 0.4) is 0 Å². The average Bonchev–Trinajstić information content (AvgIpc) is 2.34. The van der Waals surface area contributed by atoms with Crippen LogP contribution in [-0.4, -0.2) is 24.6 Å². The minimum atomic E-state index is 0.436. The van der Waals surface area contributed by atoms with Gasteiger partial charge in [0.25, 0.3) is 0 Å². The lowest BCUT2D eigenvalue weighted by molar-refractivity contribution is 0.587. The lowest BCUT2D eigenvalue weighted by Crippen LogP contribution is -2.31. The first-order valence-electron chi connectivity index (χ1n) is 6.37. The molecular weight excluding hydrogens is 269 g/mol. The molecule has 1 aromatic rings. The largest absolute Gasteiger partial charge is 0.369 e. The van der Waals surface area contributed by atoms with Crippen LogP contribution in [0.25, 0.3) is 0 Å². The Labute approximate surface area is 119 Å². The lowest BCUT2D eigenvalue weighted by Gasteiger charge is -2.28. The second kappa shape index (κ2) is 7.05. The van der Waals surface area contributed by atoms with Crippen molar-refractivity contribution >= 4 is 34.8 Å². The Morgan fingerprint density at radius 1 is 1.22 bits per heavy atom. The van der Waals surface area contributed by atoms with Crippen molar-refractivity contribution in [3.05, 3.63) is 16.1 Å². The fourth-order valence-corrected chi connectivity index (χ4v) is 2.56. The van der Waals surface area contributed by atoms with E-state index in [0.29, 0.717) is 21.9 Å². The zero-order valence-corrected chi connectivity index (χ0v) is 12.9. The van der Waals surface area contributed by atoms with Gasteiger partial charge in [-0.3, -0.25) is 0 Å². The summed E-state index contributed by atoms with van der Waals surface area (Å²) in [6.45, 7) is 7.12. The lowest BCUT2D eigenvalue weighted by atomic mass is 10.1. The van der Waals surface area contributed by atoms with Gasteiger partial charge in [-0.1, -0.05) is 37.0 Å². The fourth-order valence-electron chi connectivity index (χ4n) is 2.00. The molecule has 18 heavy (non-hydrogen) atoms. The summed E-state index contributed by atoms with van der Waals surface area (Å²) < 4.78 is 0. The monoisotopic (exact) mass is 289 g/mol. The fraction of sp³-hybridized carbons (Fsp3) is 0.615. The first kappa shape index (κ1) is 15.4. The third-order valence-corrected chi connectivity index (χ3v) is 3.65. The summed E-state index contributed by atoms with van der Waals surface area (Å²) in [5.41, 5.74) is 0. The van der Waals surface area contributed by atoms with Crippen LogP contribution in [0.2, 0.25) is 10.0 Å². The Hall–Kier alpha value is -0.670. The summed E-state index contributed by atoms with van der Waals surface area (Å²) in [4.78, 5) is 6.65. The van der Waals surface area contributed by atoms with E-state index in [4.69, 9.17) is 23.2 Å². The van der Waals surface area contributed by atoms with E-state index in [9.17, 15) is 0 Å². The molecule has 0 bridgehead atoms. The number of anilines is 2. The Morgan fingerprint density at radius 3 is 2.33 bits per heavy atom. The Kier molecular flexibility index (Phi) is 6.03. The number of hydrogen-bond acceptors (Lipinski definition) is 3. The van der Waals surface area contributed by atoms with Gasteiger partial charge in [0.15, 0.2) is 0 Å². The molecule has 102 valence electrons. The minimum absolute atomic E-state index is 0.436. The number of halogens is 2. The van der Waals surface area contributed by atoms with Gasteiger partial charge in [0, 0.05) is 19.6 Å². The van der Waals surface area contributed by atoms with Crippen molar-refractivity contribution in [2.24, 2.45) is 0 Å². The van der Waals surface area contributed by atoms with E-state index in [2.05, 4.69) is 29.0 Å². The van der Waals surface area contributed by atoms with Crippen LogP contribution in [0.5, 0.6) is 0 Å². The summed E-state index contributed by atoms with van der Waals surface area (Å²) in [6, 6.07) is 2.19. The van der Waals surface area contributed by atoms with E-state index < -0.39 is 0 Å². The Morgan fingerprint density at radius 2 is 1.83 bits per heavy atom. The number of hydrogen-bond donors (Lipinski definition) is 1. The van der Waals surface area contributed by atoms with Crippen molar-refractivity contribution in [3.63, 3.8) is 0 Å². The molecule has 0 aliphatic heterocycles. The SMILES string of the molecule is CCNc1nc(N(C)C(CC)CC)c(Cl)cc1Cl. The molecule has 0 radical (unpaired) electrons. The molecule has 0 unspecified atom stereocenters. The highest BCUT2D eigenvalue weighted by Crippen LogP contribution is 2.32. The average molecular weight is 290 g/mol. The second-order valence-corrected chi connectivity index (χ2v) is 5.05. The van der Waals surface area contributed by atoms with Crippen LogP contribution in [-0.2, 0) is 0 Å². The molecule has 0 saturated heterocycles. The summed E-state index contributed by atoms with van der Waals surface area (Å²) in [5, 5.41) is 4.30. The topological polar surface area (TPSA) is 28.2 Å². The molecule has 0 aliphatic carbocycles. The highest BCUT2D eigenvalue weighted by molar-refractivity contribution is 6.37. The third-order valence-electron chi connectivity index (χ3n) is 3.08. The van der Waals surface area contributed by atoms with Crippen LogP contribution in [0, 0.1) is 0 Å². The Balaban J connectivity index is 3.10. The standard InChI is InChI=1S/C13H21Cl2N3/c1-5-9(6-2)18(4)13-11(15)8-10(14)12(17-13)16-7-3/h8-9H,5-7H2,1-4H3,(H,16,17). The molecule has 1 aromatic heterocycles. The molecule has 0 amide bonds. The van der Waals surface area contributed by atoms with Crippen LogP contribution in [0.1, 0.15) is 33.6 Å². The summed E-state index contributed by atoms with van der Waals surface area (Å²) >= 11 is 12.3. The summed E-state index contributed by atoms with van der Waals surface area (Å²) in [5.74, 6) is 1.47. The van der Waals surface area contributed by atoms with Crippen molar-refractivity contribution in [1.82, 2.24) is 4.98 Å². The minimum Gasteiger partial charge on any atom is -0.369 e. The second-order valence-electron chi connectivity index (χ2n) is 4.24. The molecule has 0 spiro atoms. The highest BCUT2D eigenvalue weighted by Gasteiger charge is 2.17. The van der Waals surface area contributed by atoms with Crippen LogP contribution >= 0.6 is 23.2 Å². The number of pyridine rings is 1. The smallest absolute Gasteiger partial charge is 0.149 e. The van der Waals surface area contributed by atoms with E-state index in [1.807, 2.05) is 14.0 Å². The van der Waals surface area contributed by atoms with E-state index in [-0.39, 0.29) is 0 Å². The van der Waals surface area contributed by atoms with Gasteiger partial charge in [0.05, 0.1) is 10.0 Å².